The first-order chi connectivity index (χ1) is 6.15. The van der Waals surface area contributed by atoms with Gasteiger partial charge in [-0.3, -0.25) is 4.90 Å². The number of esters is 1. The third-order valence-electron chi connectivity index (χ3n) is 2.57. The van der Waals surface area contributed by atoms with Gasteiger partial charge < -0.3 is 9.84 Å². The van der Waals surface area contributed by atoms with Gasteiger partial charge in [0, 0.05) is 12.6 Å². The Balaban J connectivity index is 2.34. The van der Waals surface area contributed by atoms with Crippen LogP contribution < -0.4 is 0 Å². The maximum Gasteiger partial charge on any atom is 0.336 e. The van der Waals surface area contributed by atoms with Gasteiger partial charge in [-0.25, -0.2) is 4.79 Å². The van der Waals surface area contributed by atoms with E-state index in [1.807, 2.05) is 0 Å². The molecule has 1 N–H and O–H groups in total. The first-order valence-electron chi connectivity index (χ1n) is 4.65. The van der Waals surface area contributed by atoms with E-state index in [1.54, 1.807) is 0 Å². The van der Waals surface area contributed by atoms with Crippen molar-refractivity contribution in [2.75, 3.05) is 20.2 Å². The van der Waals surface area contributed by atoms with Crippen molar-refractivity contribution < 1.29 is 14.6 Å². The van der Waals surface area contributed by atoms with Crippen LogP contribution in [0.3, 0.4) is 0 Å². The van der Waals surface area contributed by atoms with Crippen molar-refractivity contribution >= 4 is 5.97 Å². The third kappa shape index (κ3) is 2.67. The molecule has 0 radical (unpaired) electrons. The molecule has 2 atom stereocenters. The second-order valence-corrected chi connectivity index (χ2v) is 3.53. The maximum atomic E-state index is 10.9. The summed E-state index contributed by atoms with van der Waals surface area (Å²) in [6, 6.07) is 0.472. The molecule has 0 aliphatic carbocycles. The number of β-amino-alcohol motifs (C(OH)–C–C–N with tert-alkyl or cyclic N) is 1. The Kier molecular flexibility index (Phi) is 3.69. The van der Waals surface area contributed by atoms with Crippen molar-refractivity contribution in [1.82, 2.24) is 4.90 Å². The molecule has 13 heavy (non-hydrogen) atoms. The van der Waals surface area contributed by atoms with Gasteiger partial charge in [-0.05, 0) is 26.3 Å². The normalized spacial score (nSPS) is 25.9. The second-order valence-electron chi connectivity index (χ2n) is 3.53. The Morgan fingerprint density at radius 3 is 2.92 bits per heavy atom. The summed E-state index contributed by atoms with van der Waals surface area (Å²) in [7, 11) is 1.29. The van der Waals surface area contributed by atoms with Crippen molar-refractivity contribution in [3.8, 4) is 0 Å². The minimum atomic E-state index is -0.995. The molecule has 0 bridgehead atoms. The smallest absolute Gasteiger partial charge is 0.336 e. The van der Waals surface area contributed by atoms with Gasteiger partial charge in [-0.2, -0.15) is 0 Å². The van der Waals surface area contributed by atoms with Gasteiger partial charge in [0.15, 0.2) is 6.10 Å². The molecule has 0 saturated carbocycles. The Bertz CT molecular complexity index is 184. The van der Waals surface area contributed by atoms with Gasteiger partial charge in [0.2, 0.25) is 0 Å². The lowest BCUT2D eigenvalue weighted by Crippen LogP contribution is -2.39. The molecular weight excluding hydrogens is 170 g/mol. The Labute approximate surface area is 78.5 Å². The molecule has 1 fully saturated rings. The molecule has 4 heteroatoms. The lowest BCUT2D eigenvalue weighted by Gasteiger charge is -2.22. The minimum absolute atomic E-state index is 0.397. The van der Waals surface area contributed by atoms with Crippen LogP contribution in [0.5, 0.6) is 0 Å². The first kappa shape index (κ1) is 10.5. The number of aliphatic hydroxyl groups is 1. The highest BCUT2D eigenvalue weighted by Gasteiger charge is 2.25. The van der Waals surface area contributed by atoms with Gasteiger partial charge in [0.1, 0.15) is 0 Å². The fourth-order valence-corrected chi connectivity index (χ4v) is 1.70. The molecule has 1 heterocycles. The number of carbonyl (C=O) groups excluding carboxylic acids is 1. The highest BCUT2D eigenvalue weighted by atomic mass is 16.5. The molecule has 2 unspecified atom stereocenters. The summed E-state index contributed by atoms with van der Waals surface area (Å²) in [5, 5.41) is 9.38. The number of hydrogen-bond donors (Lipinski definition) is 1. The largest absolute Gasteiger partial charge is 0.467 e. The predicted octanol–water partition coefficient (Wildman–Crippen LogP) is 0.00460. The lowest BCUT2D eigenvalue weighted by atomic mass is 10.2. The summed E-state index contributed by atoms with van der Waals surface area (Å²) in [6.07, 6.45) is 1.30. The van der Waals surface area contributed by atoms with Crippen LogP contribution in [0.25, 0.3) is 0 Å². The standard InChI is InChI=1S/C9H17NO3/c1-7-4-3-5-10(7)6-8(11)9(12)13-2/h7-8,11H,3-6H2,1-2H3. The van der Waals surface area contributed by atoms with Crippen LogP contribution in [0, 0.1) is 0 Å². The van der Waals surface area contributed by atoms with E-state index in [1.165, 1.54) is 7.11 Å². The zero-order valence-electron chi connectivity index (χ0n) is 8.19. The molecule has 76 valence electrons. The summed E-state index contributed by atoms with van der Waals surface area (Å²) in [5.74, 6) is -0.542. The summed E-state index contributed by atoms with van der Waals surface area (Å²) in [5.41, 5.74) is 0. The van der Waals surface area contributed by atoms with Crippen LogP contribution in [-0.2, 0) is 9.53 Å². The number of hydrogen-bond acceptors (Lipinski definition) is 4. The molecule has 1 aliphatic heterocycles. The summed E-state index contributed by atoms with van der Waals surface area (Å²) < 4.78 is 4.44. The number of nitrogens with zero attached hydrogens (tertiary/aromatic N) is 1. The topological polar surface area (TPSA) is 49.8 Å². The van der Waals surface area contributed by atoms with Crippen LogP contribution in [0.15, 0.2) is 0 Å². The molecule has 1 rings (SSSR count). The van der Waals surface area contributed by atoms with Crippen LogP contribution in [-0.4, -0.2) is 48.3 Å². The van der Waals surface area contributed by atoms with Crippen LogP contribution >= 0.6 is 0 Å². The van der Waals surface area contributed by atoms with Gasteiger partial charge in [-0.1, -0.05) is 0 Å². The zero-order valence-corrected chi connectivity index (χ0v) is 8.19. The van der Waals surface area contributed by atoms with Crippen LogP contribution in [0.2, 0.25) is 0 Å². The molecule has 0 spiro atoms. The average molecular weight is 187 g/mol. The molecule has 0 aromatic carbocycles. The van der Waals surface area contributed by atoms with E-state index < -0.39 is 12.1 Å². The van der Waals surface area contributed by atoms with Crippen molar-refractivity contribution in [3.05, 3.63) is 0 Å². The van der Waals surface area contributed by atoms with Crippen molar-refractivity contribution in [2.45, 2.75) is 31.9 Å². The average Bonchev–Trinajstić information content (AvgIpc) is 2.50. The van der Waals surface area contributed by atoms with E-state index in [-0.39, 0.29) is 0 Å². The summed E-state index contributed by atoms with van der Waals surface area (Å²) >= 11 is 0. The van der Waals surface area contributed by atoms with Crippen molar-refractivity contribution in [3.63, 3.8) is 0 Å². The fourth-order valence-electron chi connectivity index (χ4n) is 1.70. The lowest BCUT2D eigenvalue weighted by molar-refractivity contribution is -0.151. The maximum absolute atomic E-state index is 10.9. The van der Waals surface area contributed by atoms with E-state index in [4.69, 9.17) is 0 Å². The molecule has 0 aromatic rings. The number of carbonyl (C=O) groups is 1. The molecule has 4 nitrogen and oxygen atoms in total. The molecule has 0 aromatic heterocycles. The van der Waals surface area contributed by atoms with Crippen LogP contribution in [0.1, 0.15) is 19.8 Å². The van der Waals surface area contributed by atoms with Gasteiger partial charge >= 0.3 is 5.97 Å². The molecule has 1 saturated heterocycles. The predicted molar refractivity (Wildman–Crippen MR) is 48.3 cm³/mol. The van der Waals surface area contributed by atoms with Gasteiger partial charge in [0.05, 0.1) is 7.11 Å². The monoisotopic (exact) mass is 187 g/mol. The highest BCUT2D eigenvalue weighted by Crippen LogP contribution is 2.16. The van der Waals surface area contributed by atoms with E-state index >= 15 is 0 Å². The first-order valence-corrected chi connectivity index (χ1v) is 4.65. The van der Waals surface area contributed by atoms with E-state index in [0.717, 1.165) is 19.4 Å². The Morgan fingerprint density at radius 1 is 1.77 bits per heavy atom. The minimum Gasteiger partial charge on any atom is -0.467 e. The number of likely N-dealkylation sites (tertiary alicyclic amines) is 1. The van der Waals surface area contributed by atoms with E-state index in [0.29, 0.717) is 12.6 Å². The Hall–Kier alpha value is -0.610. The molecule has 1 aliphatic rings. The number of ether oxygens (including phenoxy) is 1. The number of aliphatic hydroxyl groups excluding tert-OH is 1. The number of methoxy groups -OCH3 is 1. The molecular formula is C9H17NO3. The van der Waals surface area contributed by atoms with E-state index in [9.17, 15) is 9.90 Å². The van der Waals surface area contributed by atoms with Gasteiger partial charge in [-0.15, -0.1) is 0 Å². The number of rotatable bonds is 3. The van der Waals surface area contributed by atoms with Crippen LogP contribution in [0.4, 0.5) is 0 Å². The second kappa shape index (κ2) is 4.58. The third-order valence-corrected chi connectivity index (χ3v) is 2.57. The van der Waals surface area contributed by atoms with Gasteiger partial charge in [0.25, 0.3) is 0 Å². The molecule has 0 amide bonds. The summed E-state index contributed by atoms with van der Waals surface area (Å²) in [4.78, 5) is 13.0. The van der Waals surface area contributed by atoms with Crippen molar-refractivity contribution in [1.29, 1.82) is 0 Å². The summed E-state index contributed by atoms with van der Waals surface area (Å²) in [6.45, 7) is 3.47. The quantitative estimate of drug-likeness (QED) is 0.632. The van der Waals surface area contributed by atoms with Crippen molar-refractivity contribution in [2.24, 2.45) is 0 Å². The SMILES string of the molecule is COC(=O)C(O)CN1CCCC1C. The fraction of sp³-hybridized carbons (Fsp3) is 0.889. The highest BCUT2D eigenvalue weighted by molar-refractivity contribution is 5.74. The van der Waals surface area contributed by atoms with E-state index in [2.05, 4.69) is 16.6 Å². The Morgan fingerprint density at radius 2 is 2.46 bits per heavy atom. The zero-order chi connectivity index (χ0) is 9.84.